The van der Waals surface area contributed by atoms with E-state index in [-0.39, 0.29) is 12.1 Å². The lowest BCUT2D eigenvalue weighted by molar-refractivity contribution is 0.0936. The number of hydrogen-bond acceptors (Lipinski definition) is 3. The van der Waals surface area contributed by atoms with Crippen molar-refractivity contribution in [3.05, 3.63) is 64.5 Å². The summed E-state index contributed by atoms with van der Waals surface area (Å²) in [5, 5.41) is 9.82. The maximum atomic E-state index is 12.3. The van der Waals surface area contributed by atoms with Gasteiger partial charge >= 0.3 is 0 Å². The van der Waals surface area contributed by atoms with Gasteiger partial charge in [0.05, 0.1) is 11.3 Å². The van der Waals surface area contributed by atoms with Crippen LogP contribution in [0.15, 0.2) is 47.8 Å². The molecule has 0 saturated carbocycles. The normalized spacial score (nSPS) is 17.2. The van der Waals surface area contributed by atoms with Crippen LogP contribution in [0.3, 0.4) is 0 Å². The first-order chi connectivity index (χ1) is 10.2. The fourth-order valence-electron chi connectivity index (χ4n) is 2.82. The highest BCUT2D eigenvalue weighted by Crippen LogP contribution is 2.34. The Morgan fingerprint density at radius 3 is 2.81 bits per heavy atom. The molecule has 4 heteroatoms. The van der Waals surface area contributed by atoms with Crippen LogP contribution in [-0.4, -0.2) is 5.91 Å². The summed E-state index contributed by atoms with van der Waals surface area (Å²) in [6.45, 7) is 2.02. The van der Waals surface area contributed by atoms with E-state index < -0.39 is 0 Å². The fourth-order valence-corrected chi connectivity index (χ4v) is 3.80. The predicted molar refractivity (Wildman–Crippen MR) is 86.8 cm³/mol. The second-order valence-electron chi connectivity index (χ2n) is 5.24. The van der Waals surface area contributed by atoms with Crippen LogP contribution < -0.4 is 10.6 Å². The predicted octanol–water partition coefficient (Wildman–Crippen LogP) is 4.06. The molecule has 2 heterocycles. The summed E-state index contributed by atoms with van der Waals surface area (Å²) < 4.78 is 1.24. The van der Waals surface area contributed by atoms with Gasteiger partial charge < -0.3 is 10.6 Å². The van der Waals surface area contributed by atoms with E-state index in [0.29, 0.717) is 5.56 Å². The van der Waals surface area contributed by atoms with Crippen molar-refractivity contribution in [2.24, 2.45) is 0 Å². The van der Waals surface area contributed by atoms with Gasteiger partial charge in [0.25, 0.3) is 5.91 Å². The molecule has 0 saturated heterocycles. The summed E-state index contributed by atoms with van der Waals surface area (Å²) in [5.41, 5.74) is 3.86. The van der Waals surface area contributed by atoms with Crippen molar-refractivity contribution >= 4 is 33.0 Å². The monoisotopic (exact) mass is 294 g/mol. The summed E-state index contributed by atoms with van der Waals surface area (Å²) in [6.07, 6.45) is -0.178. The van der Waals surface area contributed by atoms with Crippen molar-refractivity contribution < 1.29 is 4.79 Å². The number of para-hydroxylation sites is 1. The highest BCUT2D eigenvalue weighted by molar-refractivity contribution is 7.17. The van der Waals surface area contributed by atoms with Crippen LogP contribution in [0.5, 0.6) is 0 Å². The van der Waals surface area contributed by atoms with Gasteiger partial charge in [-0.3, -0.25) is 4.79 Å². The fraction of sp³-hybridized carbons (Fsp3) is 0.118. The van der Waals surface area contributed by atoms with E-state index in [4.69, 9.17) is 0 Å². The molecule has 1 aromatic heterocycles. The highest BCUT2D eigenvalue weighted by Gasteiger charge is 2.26. The molecule has 1 amide bonds. The SMILES string of the molecule is Cc1cccc2c1N[C@@H](c1csc3ccccc13)NC2=O. The van der Waals surface area contributed by atoms with E-state index in [2.05, 4.69) is 28.1 Å². The molecular formula is C17H14N2OS. The number of fused-ring (bicyclic) bond motifs is 2. The molecular weight excluding hydrogens is 280 g/mol. The lowest BCUT2D eigenvalue weighted by atomic mass is 10.0. The van der Waals surface area contributed by atoms with Crippen LogP contribution in [-0.2, 0) is 0 Å². The molecule has 4 rings (SSSR count). The lowest BCUT2D eigenvalue weighted by Crippen LogP contribution is -2.38. The Morgan fingerprint density at radius 1 is 1.05 bits per heavy atom. The van der Waals surface area contributed by atoms with E-state index in [1.165, 1.54) is 10.1 Å². The first-order valence-corrected chi connectivity index (χ1v) is 7.75. The van der Waals surface area contributed by atoms with Crippen LogP contribution >= 0.6 is 11.3 Å². The number of carbonyl (C=O) groups is 1. The Bertz CT molecular complexity index is 853. The maximum absolute atomic E-state index is 12.3. The molecule has 3 aromatic rings. The van der Waals surface area contributed by atoms with Crippen LogP contribution in [0.4, 0.5) is 5.69 Å². The zero-order valence-electron chi connectivity index (χ0n) is 11.5. The van der Waals surface area contributed by atoms with Gasteiger partial charge in [-0.2, -0.15) is 0 Å². The minimum atomic E-state index is -0.178. The zero-order chi connectivity index (χ0) is 14.4. The minimum Gasteiger partial charge on any atom is -0.361 e. The average molecular weight is 294 g/mol. The van der Waals surface area contributed by atoms with Gasteiger partial charge in [-0.15, -0.1) is 11.3 Å². The van der Waals surface area contributed by atoms with Gasteiger partial charge in [0, 0.05) is 10.3 Å². The number of amides is 1. The average Bonchev–Trinajstić information content (AvgIpc) is 2.92. The Labute approximate surface area is 126 Å². The molecule has 0 unspecified atom stereocenters. The topological polar surface area (TPSA) is 41.1 Å². The van der Waals surface area contributed by atoms with E-state index >= 15 is 0 Å². The maximum Gasteiger partial charge on any atom is 0.255 e. The Kier molecular flexibility index (Phi) is 2.72. The summed E-state index contributed by atoms with van der Waals surface area (Å²) >= 11 is 1.70. The second-order valence-corrected chi connectivity index (χ2v) is 6.15. The van der Waals surface area contributed by atoms with Crippen LogP contribution in [0.2, 0.25) is 0 Å². The van der Waals surface area contributed by atoms with Gasteiger partial charge in [-0.05, 0) is 35.4 Å². The molecule has 1 atom stereocenters. The lowest BCUT2D eigenvalue weighted by Gasteiger charge is -2.29. The van der Waals surface area contributed by atoms with Gasteiger partial charge in [-0.1, -0.05) is 30.3 Å². The number of thiophene rings is 1. The van der Waals surface area contributed by atoms with Crippen molar-refractivity contribution in [1.82, 2.24) is 5.32 Å². The summed E-state index contributed by atoms with van der Waals surface area (Å²) in [7, 11) is 0. The van der Waals surface area contributed by atoms with E-state index in [9.17, 15) is 4.79 Å². The molecule has 2 N–H and O–H groups in total. The Balaban J connectivity index is 1.82. The van der Waals surface area contributed by atoms with Crippen molar-refractivity contribution in [2.45, 2.75) is 13.1 Å². The van der Waals surface area contributed by atoms with Gasteiger partial charge in [0.15, 0.2) is 0 Å². The number of carbonyl (C=O) groups excluding carboxylic acids is 1. The third-order valence-corrected chi connectivity index (χ3v) is 4.89. The summed E-state index contributed by atoms with van der Waals surface area (Å²) in [5.74, 6) is -0.0206. The number of nitrogens with one attached hydrogen (secondary N) is 2. The number of hydrogen-bond donors (Lipinski definition) is 2. The highest BCUT2D eigenvalue weighted by atomic mass is 32.1. The minimum absolute atomic E-state index is 0.0206. The van der Waals surface area contributed by atoms with Gasteiger partial charge in [-0.25, -0.2) is 0 Å². The van der Waals surface area contributed by atoms with Crippen LogP contribution in [0, 0.1) is 6.92 Å². The molecule has 0 spiro atoms. The molecule has 21 heavy (non-hydrogen) atoms. The van der Waals surface area contributed by atoms with E-state index in [1.54, 1.807) is 11.3 Å². The molecule has 3 nitrogen and oxygen atoms in total. The number of rotatable bonds is 1. The molecule has 104 valence electrons. The summed E-state index contributed by atoms with van der Waals surface area (Å²) in [4.78, 5) is 12.3. The molecule has 0 aliphatic carbocycles. The van der Waals surface area contributed by atoms with E-state index in [1.807, 2.05) is 37.3 Å². The molecule has 1 aliphatic heterocycles. The van der Waals surface area contributed by atoms with Crippen molar-refractivity contribution in [1.29, 1.82) is 0 Å². The molecule has 1 aliphatic rings. The zero-order valence-corrected chi connectivity index (χ0v) is 12.3. The van der Waals surface area contributed by atoms with Crippen molar-refractivity contribution in [3.63, 3.8) is 0 Å². The third-order valence-electron chi connectivity index (χ3n) is 3.90. The van der Waals surface area contributed by atoms with Crippen molar-refractivity contribution in [2.75, 3.05) is 5.32 Å². The molecule has 0 bridgehead atoms. The second kappa shape index (κ2) is 4.60. The summed E-state index contributed by atoms with van der Waals surface area (Å²) in [6, 6.07) is 14.1. The van der Waals surface area contributed by atoms with Crippen LogP contribution in [0.25, 0.3) is 10.1 Å². The quantitative estimate of drug-likeness (QED) is 0.710. The Hall–Kier alpha value is -2.33. The number of anilines is 1. The van der Waals surface area contributed by atoms with Gasteiger partial charge in [0.2, 0.25) is 0 Å². The number of aryl methyl sites for hydroxylation is 1. The van der Waals surface area contributed by atoms with Gasteiger partial charge in [0.1, 0.15) is 6.17 Å². The Morgan fingerprint density at radius 2 is 1.90 bits per heavy atom. The van der Waals surface area contributed by atoms with E-state index in [0.717, 1.165) is 16.8 Å². The largest absolute Gasteiger partial charge is 0.361 e. The van der Waals surface area contributed by atoms with Crippen molar-refractivity contribution in [3.8, 4) is 0 Å². The third kappa shape index (κ3) is 1.91. The first-order valence-electron chi connectivity index (χ1n) is 6.87. The first kappa shape index (κ1) is 12.4. The standard InChI is InChI=1S/C17H14N2OS/c1-10-5-4-7-12-15(10)18-16(19-17(12)20)13-9-21-14-8-3-2-6-11(13)14/h2-9,16,18H,1H3,(H,19,20)/t16-/m1/s1. The molecule has 0 radical (unpaired) electrons. The van der Waals surface area contributed by atoms with Crippen LogP contribution in [0.1, 0.15) is 27.7 Å². The molecule has 0 fully saturated rings. The smallest absolute Gasteiger partial charge is 0.255 e. The molecule has 2 aromatic carbocycles. The number of benzene rings is 2.